The Morgan fingerprint density at radius 1 is 1.20 bits per heavy atom. The van der Waals surface area contributed by atoms with Crippen LogP contribution in [0.25, 0.3) is 0 Å². The first-order valence-electron chi connectivity index (χ1n) is 6.42. The molecule has 1 fully saturated rings. The van der Waals surface area contributed by atoms with E-state index in [0.29, 0.717) is 22.1 Å². The highest BCUT2D eigenvalue weighted by molar-refractivity contribution is 7.89. The fourth-order valence-electron chi connectivity index (χ4n) is 2.20. The van der Waals surface area contributed by atoms with E-state index in [1.807, 2.05) is 0 Å². The summed E-state index contributed by atoms with van der Waals surface area (Å²) in [6, 6.07) is 6.99. The third-order valence-corrected chi connectivity index (χ3v) is 5.20. The Hall–Kier alpha value is -1.33. The molecule has 0 N–H and O–H groups in total. The minimum atomic E-state index is -3.29. The molecule has 1 aromatic heterocycles. The van der Waals surface area contributed by atoms with Crippen LogP contribution in [0.5, 0.6) is 0 Å². The second-order valence-electron chi connectivity index (χ2n) is 5.11. The first kappa shape index (κ1) is 13.6. The fraction of sp³-hybridized carbons (Fsp3) is 0.357. The molecule has 106 valence electrons. The maximum atomic E-state index is 12.3. The van der Waals surface area contributed by atoms with Crippen LogP contribution in [0.15, 0.2) is 35.0 Å². The monoisotopic (exact) mass is 311 g/mol. The number of sulfone groups is 1. The molecular formula is C14H14ClNO3S. The second kappa shape index (κ2) is 5.22. The molecule has 0 unspecified atom stereocenters. The lowest BCUT2D eigenvalue weighted by Crippen LogP contribution is -2.08. The maximum absolute atomic E-state index is 12.3. The summed E-state index contributed by atoms with van der Waals surface area (Å²) < 4.78 is 29.7. The van der Waals surface area contributed by atoms with Gasteiger partial charge in [-0.15, -0.1) is 0 Å². The summed E-state index contributed by atoms with van der Waals surface area (Å²) in [5, 5.41) is 4.20. The van der Waals surface area contributed by atoms with E-state index in [0.717, 1.165) is 18.6 Å². The fourth-order valence-corrected chi connectivity index (χ4v) is 4.00. The van der Waals surface area contributed by atoms with Crippen molar-refractivity contribution in [3.05, 3.63) is 52.4 Å². The van der Waals surface area contributed by atoms with Crippen molar-refractivity contribution >= 4 is 21.4 Å². The van der Waals surface area contributed by atoms with E-state index in [4.69, 9.17) is 16.1 Å². The van der Waals surface area contributed by atoms with Gasteiger partial charge >= 0.3 is 0 Å². The Balaban J connectivity index is 1.79. The van der Waals surface area contributed by atoms with Crippen LogP contribution in [0.2, 0.25) is 5.02 Å². The smallest absolute Gasteiger partial charge is 0.158 e. The molecule has 3 rings (SSSR count). The van der Waals surface area contributed by atoms with E-state index in [1.165, 1.54) is 6.20 Å². The van der Waals surface area contributed by atoms with Crippen LogP contribution >= 0.6 is 11.6 Å². The average Bonchev–Trinajstić information content (AvgIpc) is 3.13. The van der Waals surface area contributed by atoms with Crippen LogP contribution < -0.4 is 0 Å². The minimum Gasteiger partial charge on any atom is -0.361 e. The van der Waals surface area contributed by atoms with Crippen molar-refractivity contribution in [3.63, 3.8) is 0 Å². The predicted molar refractivity (Wildman–Crippen MR) is 76.3 cm³/mol. The minimum absolute atomic E-state index is 0.0481. The van der Waals surface area contributed by atoms with Crippen LogP contribution in [0, 0.1) is 0 Å². The average molecular weight is 312 g/mol. The molecule has 0 atom stereocenters. The SMILES string of the molecule is O=S(=O)(Cc1ccccc1Cl)Cc1cnoc1C1CC1. The summed E-state index contributed by atoms with van der Waals surface area (Å²) in [5.74, 6) is 0.964. The molecule has 1 heterocycles. The van der Waals surface area contributed by atoms with Gasteiger partial charge < -0.3 is 4.52 Å². The number of aromatic nitrogens is 1. The van der Waals surface area contributed by atoms with Crippen molar-refractivity contribution in [1.82, 2.24) is 5.16 Å². The van der Waals surface area contributed by atoms with Gasteiger partial charge in [-0.2, -0.15) is 0 Å². The topological polar surface area (TPSA) is 60.2 Å². The van der Waals surface area contributed by atoms with Gasteiger partial charge in [-0.1, -0.05) is 35.0 Å². The van der Waals surface area contributed by atoms with Gasteiger partial charge in [0.1, 0.15) is 5.76 Å². The quantitative estimate of drug-likeness (QED) is 0.850. The number of benzene rings is 1. The molecule has 1 aromatic carbocycles. The molecule has 0 aliphatic heterocycles. The zero-order valence-electron chi connectivity index (χ0n) is 10.8. The molecule has 0 saturated heterocycles. The van der Waals surface area contributed by atoms with E-state index < -0.39 is 9.84 Å². The zero-order chi connectivity index (χ0) is 14.2. The van der Waals surface area contributed by atoms with E-state index in [1.54, 1.807) is 24.3 Å². The lowest BCUT2D eigenvalue weighted by molar-refractivity contribution is 0.383. The van der Waals surface area contributed by atoms with Gasteiger partial charge in [0.15, 0.2) is 9.84 Å². The van der Waals surface area contributed by atoms with E-state index in [2.05, 4.69) is 5.16 Å². The van der Waals surface area contributed by atoms with Gasteiger partial charge in [-0.25, -0.2) is 8.42 Å². The molecule has 1 aliphatic rings. The Morgan fingerprint density at radius 3 is 2.60 bits per heavy atom. The molecule has 1 aliphatic carbocycles. The van der Waals surface area contributed by atoms with Gasteiger partial charge in [0.05, 0.1) is 17.7 Å². The molecule has 0 amide bonds. The Bertz CT molecular complexity index is 720. The maximum Gasteiger partial charge on any atom is 0.158 e. The number of nitrogens with zero attached hydrogens (tertiary/aromatic N) is 1. The largest absolute Gasteiger partial charge is 0.361 e. The molecule has 0 bridgehead atoms. The van der Waals surface area contributed by atoms with Crippen LogP contribution in [-0.4, -0.2) is 13.6 Å². The highest BCUT2D eigenvalue weighted by Gasteiger charge is 2.31. The third kappa shape index (κ3) is 3.04. The van der Waals surface area contributed by atoms with Crippen molar-refractivity contribution in [2.75, 3.05) is 0 Å². The standard InChI is InChI=1S/C14H14ClNO3S/c15-13-4-2-1-3-11(13)8-20(17,18)9-12-7-16-19-14(12)10-5-6-10/h1-4,7,10H,5-6,8-9H2. The molecule has 1 saturated carbocycles. The molecular weight excluding hydrogens is 298 g/mol. The van der Waals surface area contributed by atoms with E-state index in [9.17, 15) is 8.42 Å². The van der Waals surface area contributed by atoms with Crippen molar-refractivity contribution < 1.29 is 12.9 Å². The summed E-state index contributed by atoms with van der Waals surface area (Å²) in [6.45, 7) is 0. The number of halogens is 1. The third-order valence-electron chi connectivity index (χ3n) is 3.33. The summed E-state index contributed by atoms with van der Waals surface area (Å²) in [4.78, 5) is 0. The van der Waals surface area contributed by atoms with Crippen molar-refractivity contribution in [1.29, 1.82) is 0 Å². The van der Waals surface area contributed by atoms with Gasteiger partial charge in [0, 0.05) is 16.5 Å². The molecule has 2 aromatic rings. The predicted octanol–water partition coefficient (Wildman–Crippen LogP) is 3.32. The Morgan fingerprint density at radius 2 is 1.90 bits per heavy atom. The molecule has 0 spiro atoms. The lowest BCUT2D eigenvalue weighted by atomic mass is 10.2. The van der Waals surface area contributed by atoms with Crippen molar-refractivity contribution in [3.8, 4) is 0 Å². The van der Waals surface area contributed by atoms with Crippen LogP contribution in [0.1, 0.15) is 35.6 Å². The molecule has 6 heteroatoms. The Kier molecular flexibility index (Phi) is 3.56. The number of rotatable bonds is 5. The highest BCUT2D eigenvalue weighted by Crippen LogP contribution is 2.42. The number of hydrogen-bond acceptors (Lipinski definition) is 4. The summed E-state index contributed by atoms with van der Waals surface area (Å²) in [6.07, 6.45) is 3.61. The van der Waals surface area contributed by atoms with E-state index >= 15 is 0 Å². The molecule has 20 heavy (non-hydrogen) atoms. The second-order valence-corrected chi connectivity index (χ2v) is 7.58. The first-order valence-corrected chi connectivity index (χ1v) is 8.62. The lowest BCUT2D eigenvalue weighted by Gasteiger charge is -2.06. The normalized spacial score (nSPS) is 15.4. The van der Waals surface area contributed by atoms with Crippen molar-refractivity contribution in [2.24, 2.45) is 0 Å². The highest BCUT2D eigenvalue weighted by atomic mass is 35.5. The van der Waals surface area contributed by atoms with Crippen LogP contribution in [-0.2, 0) is 21.3 Å². The van der Waals surface area contributed by atoms with Crippen LogP contribution in [0.3, 0.4) is 0 Å². The molecule has 4 nitrogen and oxygen atoms in total. The zero-order valence-corrected chi connectivity index (χ0v) is 12.3. The Labute approximate surface area is 122 Å². The summed E-state index contributed by atoms with van der Waals surface area (Å²) in [7, 11) is -3.29. The van der Waals surface area contributed by atoms with Crippen LogP contribution in [0.4, 0.5) is 0 Å². The van der Waals surface area contributed by atoms with Gasteiger partial charge in [-0.3, -0.25) is 0 Å². The van der Waals surface area contributed by atoms with E-state index in [-0.39, 0.29) is 11.5 Å². The van der Waals surface area contributed by atoms with Gasteiger partial charge in [-0.05, 0) is 24.5 Å². The summed E-state index contributed by atoms with van der Waals surface area (Å²) in [5.41, 5.74) is 1.30. The summed E-state index contributed by atoms with van der Waals surface area (Å²) >= 11 is 6.01. The van der Waals surface area contributed by atoms with Gasteiger partial charge in [0.2, 0.25) is 0 Å². The molecule has 0 radical (unpaired) electrons. The van der Waals surface area contributed by atoms with Crippen molar-refractivity contribution in [2.45, 2.75) is 30.3 Å². The number of hydrogen-bond donors (Lipinski definition) is 0. The van der Waals surface area contributed by atoms with Gasteiger partial charge in [0.25, 0.3) is 0 Å². The first-order chi connectivity index (χ1) is 9.55.